The lowest BCUT2D eigenvalue weighted by molar-refractivity contribution is -0.125. The zero-order chi connectivity index (χ0) is 14.7. The number of carbonyl (C=O) groups is 1. The van der Waals surface area contributed by atoms with E-state index in [0.29, 0.717) is 16.7 Å². The molecule has 0 aliphatic heterocycles. The summed E-state index contributed by atoms with van der Waals surface area (Å²) in [5.41, 5.74) is 0.989. The Hall–Kier alpha value is -0.330. The third-order valence-electron chi connectivity index (χ3n) is 8.82. The molecule has 0 spiro atoms. The molecule has 1 unspecified atom stereocenters. The molecule has 4 aliphatic carbocycles. The summed E-state index contributed by atoms with van der Waals surface area (Å²) in [5, 5.41) is 0. The van der Waals surface area contributed by atoms with Gasteiger partial charge in [-0.3, -0.25) is 0 Å². The SMILES string of the molecule is C[C@]12CCCC[C@@H]1CC[C@@H]1[C@@H]2CC[C@]2(C)C(C=O)CC[C@@H]12. The van der Waals surface area contributed by atoms with Crippen molar-refractivity contribution in [1.82, 2.24) is 0 Å². The molecular weight excluding hydrogens is 256 g/mol. The van der Waals surface area contributed by atoms with Gasteiger partial charge in [-0.1, -0.05) is 26.7 Å². The highest BCUT2D eigenvalue weighted by atomic mass is 16.1. The fourth-order valence-corrected chi connectivity index (χ4v) is 7.56. The highest BCUT2D eigenvalue weighted by molar-refractivity contribution is 5.56. The lowest BCUT2D eigenvalue weighted by atomic mass is 9.45. The highest BCUT2D eigenvalue weighted by Crippen LogP contribution is 2.67. The van der Waals surface area contributed by atoms with Gasteiger partial charge >= 0.3 is 0 Å². The van der Waals surface area contributed by atoms with Gasteiger partial charge in [0.15, 0.2) is 0 Å². The predicted octanol–water partition coefficient (Wildman–Crippen LogP) is 5.23. The number of rotatable bonds is 1. The zero-order valence-electron chi connectivity index (χ0n) is 13.9. The normalized spacial score (nSPS) is 56.2. The quantitative estimate of drug-likeness (QED) is 0.603. The summed E-state index contributed by atoms with van der Waals surface area (Å²) in [7, 11) is 0. The van der Waals surface area contributed by atoms with Gasteiger partial charge in [-0.25, -0.2) is 0 Å². The fourth-order valence-electron chi connectivity index (χ4n) is 7.56. The van der Waals surface area contributed by atoms with Crippen molar-refractivity contribution in [2.75, 3.05) is 0 Å². The molecule has 4 aliphatic rings. The number of aldehydes is 1. The molecule has 0 aromatic carbocycles. The average Bonchev–Trinajstić information content (AvgIpc) is 2.83. The minimum absolute atomic E-state index is 0.348. The zero-order valence-corrected chi connectivity index (χ0v) is 13.9. The summed E-state index contributed by atoms with van der Waals surface area (Å²) in [5.74, 6) is 4.14. The summed E-state index contributed by atoms with van der Waals surface area (Å²) in [4.78, 5) is 11.5. The van der Waals surface area contributed by atoms with Gasteiger partial charge in [0.1, 0.15) is 6.29 Å². The third kappa shape index (κ3) is 1.85. The molecule has 4 saturated carbocycles. The van der Waals surface area contributed by atoms with E-state index < -0.39 is 0 Å². The Morgan fingerprint density at radius 3 is 2.43 bits per heavy atom. The van der Waals surface area contributed by atoms with Crippen LogP contribution in [0.15, 0.2) is 0 Å². The Morgan fingerprint density at radius 2 is 1.62 bits per heavy atom. The maximum atomic E-state index is 11.5. The van der Waals surface area contributed by atoms with Crippen molar-refractivity contribution in [3.63, 3.8) is 0 Å². The Labute approximate surface area is 130 Å². The number of hydrogen-bond donors (Lipinski definition) is 0. The van der Waals surface area contributed by atoms with Crippen LogP contribution in [0.25, 0.3) is 0 Å². The van der Waals surface area contributed by atoms with Crippen LogP contribution >= 0.6 is 0 Å². The molecule has 0 amide bonds. The molecule has 0 heterocycles. The topological polar surface area (TPSA) is 17.1 Å². The van der Waals surface area contributed by atoms with Crippen LogP contribution in [0.1, 0.15) is 78.1 Å². The molecule has 21 heavy (non-hydrogen) atoms. The highest BCUT2D eigenvalue weighted by Gasteiger charge is 2.59. The molecule has 7 atom stereocenters. The van der Waals surface area contributed by atoms with E-state index in [4.69, 9.17) is 0 Å². The third-order valence-corrected chi connectivity index (χ3v) is 8.82. The standard InChI is InChI=1S/C20H32O/c1-19-11-4-3-5-14(19)6-8-16-17-9-7-15(13-21)20(17,2)12-10-18(16)19/h13-18H,3-12H2,1-2H3/t14-,15?,16+,17+,18+,19+,20-/m1/s1. The first-order valence-electron chi connectivity index (χ1n) is 9.55. The van der Waals surface area contributed by atoms with E-state index in [0.717, 1.165) is 23.7 Å². The lowest BCUT2D eigenvalue weighted by Gasteiger charge is -2.60. The second-order valence-corrected chi connectivity index (χ2v) is 9.27. The number of hydrogen-bond acceptors (Lipinski definition) is 1. The first-order chi connectivity index (χ1) is 10.1. The summed E-state index contributed by atoms with van der Waals surface area (Å²) < 4.78 is 0. The van der Waals surface area contributed by atoms with Gasteiger partial charge in [0.2, 0.25) is 0 Å². The summed E-state index contributed by atoms with van der Waals surface area (Å²) in [6, 6.07) is 0. The molecule has 4 fully saturated rings. The maximum Gasteiger partial charge on any atom is 0.123 e. The van der Waals surface area contributed by atoms with Crippen LogP contribution in [0.2, 0.25) is 0 Å². The van der Waals surface area contributed by atoms with Crippen LogP contribution in [0.4, 0.5) is 0 Å². The van der Waals surface area contributed by atoms with Crippen molar-refractivity contribution in [3.8, 4) is 0 Å². The Bertz CT molecular complexity index is 430. The van der Waals surface area contributed by atoms with Gasteiger partial charge in [-0.05, 0) is 85.9 Å². The molecule has 0 bridgehead atoms. The van der Waals surface area contributed by atoms with Gasteiger partial charge < -0.3 is 4.79 Å². The van der Waals surface area contributed by atoms with Crippen LogP contribution in [0, 0.1) is 40.4 Å². The predicted molar refractivity (Wildman–Crippen MR) is 85.9 cm³/mol. The largest absolute Gasteiger partial charge is 0.303 e. The molecule has 118 valence electrons. The van der Waals surface area contributed by atoms with E-state index >= 15 is 0 Å². The van der Waals surface area contributed by atoms with E-state index in [1.54, 1.807) is 0 Å². The molecule has 0 N–H and O–H groups in total. The molecule has 4 rings (SSSR count). The number of fused-ring (bicyclic) bond motifs is 5. The van der Waals surface area contributed by atoms with Crippen molar-refractivity contribution in [3.05, 3.63) is 0 Å². The minimum atomic E-state index is 0.348. The van der Waals surface area contributed by atoms with E-state index in [1.165, 1.54) is 70.5 Å². The smallest absolute Gasteiger partial charge is 0.123 e. The van der Waals surface area contributed by atoms with E-state index in [1.807, 2.05) is 0 Å². The van der Waals surface area contributed by atoms with Gasteiger partial charge in [-0.2, -0.15) is 0 Å². The second-order valence-electron chi connectivity index (χ2n) is 9.27. The van der Waals surface area contributed by atoms with Crippen molar-refractivity contribution in [2.24, 2.45) is 40.4 Å². The summed E-state index contributed by atoms with van der Waals surface area (Å²) in [6.45, 7) is 5.09. The first-order valence-corrected chi connectivity index (χ1v) is 9.55. The Kier molecular flexibility index (Phi) is 3.28. The average molecular weight is 288 g/mol. The van der Waals surface area contributed by atoms with Crippen LogP contribution in [-0.2, 0) is 4.79 Å². The van der Waals surface area contributed by atoms with Crippen LogP contribution in [0.5, 0.6) is 0 Å². The number of carbonyl (C=O) groups excluding carboxylic acids is 1. The van der Waals surface area contributed by atoms with E-state index in [-0.39, 0.29) is 0 Å². The van der Waals surface area contributed by atoms with E-state index in [2.05, 4.69) is 13.8 Å². The van der Waals surface area contributed by atoms with Gasteiger partial charge in [0.05, 0.1) is 0 Å². The van der Waals surface area contributed by atoms with Gasteiger partial charge in [0, 0.05) is 5.92 Å². The molecule has 1 heteroatoms. The minimum Gasteiger partial charge on any atom is -0.303 e. The second kappa shape index (κ2) is 4.83. The van der Waals surface area contributed by atoms with Crippen molar-refractivity contribution in [1.29, 1.82) is 0 Å². The van der Waals surface area contributed by atoms with Crippen LogP contribution in [0.3, 0.4) is 0 Å². The summed E-state index contributed by atoms with van der Waals surface area (Å²) >= 11 is 0. The lowest BCUT2D eigenvalue weighted by Crippen LogP contribution is -2.52. The first kappa shape index (κ1) is 14.3. The van der Waals surface area contributed by atoms with E-state index in [9.17, 15) is 4.79 Å². The molecular formula is C20H32O. The van der Waals surface area contributed by atoms with Crippen molar-refractivity contribution >= 4 is 6.29 Å². The maximum absolute atomic E-state index is 11.5. The molecule has 0 aromatic heterocycles. The fraction of sp³-hybridized carbons (Fsp3) is 0.950. The Morgan fingerprint density at radius 1 is 0.810 bits per heavy atom. The summed E-state index contributed by atoms with van der Waals surface area (Å²) in [6.07, 6.45) is 15.4. The van der Waals surface area contributed by atoms with Crippen LogP contribution < -0.4 is 0 Å². The molecule has 0 radical (unpaired) electrons. The van der Waals surface area contributed by atoms with Crippen LogP contribution in [-0.4, -0.2) is 6.29 Å². The molecule has 0 saturated heterocycles. The Balaban J connectivity index is 1.64. The molecule has 0 aromatic rings. The monoisotopic (exact) mass is 288 g/mol. The van der Waals surface area contributed by atoms with Crippen molar-refractivity contribution in [2.45, 2.75) is 78.1 Å². The molecule has 1 nitrogen and oxygen atoms in total. The van der Waals surface area contributed by atoms with Gasteiger partial charge in [0.25, 0.3) is 0 Å². The van der Waals surface area contributed by atoms with Crippen molar-refractivity contribution < 1.29 is 4.79 Å². The van der Waals surface area contributed by atoms with Gasteiger partial charge in [-0.15, -0.1) is 0 Å².